The van der Waals surface area contributed by atoms with Gasteiger partial charge >= 0.3 is 0 Å². The molecule has 2 fully saturated rings. The summed E-state index contributed by atoms with van der Waals surface area (Å²) in [5.41, 5.74) is -0.274. The van der Waals surface area contributed by atoms with Gasteiger partial charge in [0.1, 0.15) is 0 Å². The van der Waals surface area contributed by atoms with Crippen LogP contribution in [0.3, 0.4) is 0 Å². The molecule has 0 aromatic heterocycles. The molecule has 2 aliphatic carbocycles. The van der Waals surface area contributed by atoms with Crippen LogP contribution in [0.1, 0.15) is 46.6 Å². The van der Waals surface area contributed by atoms with E-state index in [9.17, 15) is 15.3 Å². The first-order valence-corrected chi connectivity index (χ1v) is 10.4. The van der Waals surface area contributed by atoms with Crippen LogP contribution < -0.4 is 0 Å². The molecule has 3 N–H and O–H groups in total. The molecule has 7 atom stereocenters. The van der Waals surface area contributed by atoms with Crippen LogP contribution in [-0.4, -0.2) is 51.4 Å². The van der Waals surface area contributed by atoms with Crippen molar-refractivity contribution < 1.29 is 24.8 Å². The molecule has 2 saturated carbocycles. The molecule has 3 rings (SSSR count). The lowest BCUT2D eigenvalue weighted by atomic mass is 9.79. The lowest BCUT2D eigenvalue weighted by Crippen LogP contribution is -2.41. The summed E-state index contributed by atoms with van der Waals surface area (Å²) in [6.45, 7) is 9.93. The fourth-order valence-corrected chi connectivity index (χ4v) is 5.29. The Bertz CT molecular complexity index is 633. The first kappa shape index (κ1) is 21.7. The van der Waals surface area contributed by atoms with E-state index < -0.39 is 17.3 Å². The average Bonchev–Trinajstić information content (AvgIpc) is 3.08. The van der Waals surface area contributed by atoms with Crippen molar-refractivity contribution in [3.8, 4) is 0 Å². The van der Waals surface area contributed by atoms with Crippen molar-refractivity contribution in [3.05, 3.63) is 35.9 Å². The number of aliphatic hydroxyl groups excluding tert-OH is 2. The molecule has 0 heterocycles. The van der Waals surface area contributed by atoms with Crippen LogP contribution in [0.15, 0.2) is 30.3 Å². The largest absolute Gasteiger partial charge is 0.396 e. The van der Waals surface area contributed by atoms with Gasteiger partial charge in [0.2, 0.25) is 0 Å². The van der Waals surface area contributed by atoms with E-state index in [2.05, 4.69) is 0 Å². The third-order valence-corrected chi connectivity index (χ3v) is 6.34. The number of hydrogen-bond donors (Lipinski definition) is 3. The molecule has 0 radical (unpaired) electrons. The van der Waals surface area contributed by atoms with Crippen LogP contribution in [0.25, 0.3) is 0 Å². The van der Waals surface area contributed by atoms with Gasteiger partial charge in [0.05, 0.1) is 42.7 Å². The SMILES string of the molecule is CC(C)(C)O[C@H]1[C@@H](CO)[C@H](OCc2ccccc2)[C@@H]2[C@H]1[C@H](O)C[C@H]2C(C)(C)O. The van der Waals surface area contributed by atoms with Crippen LogP contribution in [0.2, 0.25) is 0 Å². The Morgan fingerprint density at radius 1 is 1.00 bits per heavy atom. The van der Waals surface area contributed by atoms with E-state index in [1.165, 1.54) is 0 Å². The first-order valence-electron chi connectivity index (χ1n) is 10.4. The van der Waals surface area contributed by atoms with E-state index in [0.717, 1.165) is 5.56 Å². The van der Waals surface area contributed by atoms with E-state index in [1.54, 1.807) is 13.8 Å². The molecule has 5 nitrogen and oxygen atoms in total. The van der Waals surface area contributed by atoms with Crippen LogP contribution >= 0.6 is 0 Å². The summed E-state index contributed by atoms with van der Waals surface area (Å²) in [6.07, 6.45) is -0.644. The van der Waals surface area contributed by atoms with Gasteiger partial charge in [-0.15, -0.1) is 0 Å². The lowest BCUT2D eigenvalue weighted by Gasteiger charge is -2.35. The minimum Gasteiger partial charge on any atom is -0.396 e. The molecule has 1 aromatic rings. The summed E-state index contributed by atoms with van der Waals surface area (Å²) in [4.78, 5) is 0. The molecule has 28 heavy (non-hydrogen) atoms. The number of ether oxygens (including phenoxy) is 2. The zero-order chi connectivity index (χ0) is 20.7. The van der Waals surface area contributed by atoms with Crippen LogP contribution in [0, 0.1) is 23.7 Å². The monoisotopic (exact) mass is 392 g/mol. The molecular formula is C23H36O5. The smallest absolute Gasteiger partial charge is 0.0720 e. The van der Waals surface area contributed by atoms with Crippen molar-refractivity contribution >= 4 is 0 Å². The Balaban J connectivity index is 1.91. The fourth-order valence-electron chi connectivity index (χ4n) is 5.29. The van der Waals surface area contributed by atoms with Crippen molar-refractivity contribution in [2.45, 2.75) is 77.2 Å². The molecule has 0 aliphatic heterocycles. The van der Waals surface area contributed by atoms with Crippen molar-refractivity contribution in [1.29, 1.82) is 0 Å². The molecule has 0 unspecified atom stereocenters. The number of aliphatic hydroxyl groups is 3. The quantitative estimate of drug-likeness (QED) is 0.694. The van der Waals surface area contributed by atoms with Crippen molar-refractivity contribution in [2.24, 2.45) is 23.7 Å². The maximum atomic E-state index is 10.9. The van der Waals surface area contributed by atoms with Gasteiger partial charge in [0, 0.05) is 11.8 Å². The van der Waals surface area contributed by atoms with E-state index in [1.807, 2.05) is 51.1 Å². The van der Waals surface area contributed by atoms with E-state index in [4.69, 9.17) is 9.47 Å². The predicted molar refractivity (Wildman–Crippen MR) is 108 cm³/mol. The standard InChI is InChI=1S/C23H36O5/c1-22(2,3)28-21-15(12-24)20(27-13-14-9-7-6-8-10-14)18-16(23(4,5)26)11-17(25)19(18)21/h6-10,15-21,24-26H,11-13H2,1-5H3/t15-,16+,17+,18-,19+,20-,21-/m0/s1. The van der Waals surface area contributed by atoms with Gasteiger partial charge in [-0.05, 0) is 58.4 Å². The highest BCUT2D eigenvalue weighted by atomic mass is 16.5. The molecular weight excluding hydrogens is 356 g/mol. The lowest BCUT2D eigenvalue weighted by molar-refractivity contribution is -0.128. The molecule has 0 bridgehead atoms. The number of rotatable bonds is 6. The minimum atomic E-state index is -0.939. The second-order valence-electron chi connectivity index (χ2n) is 10.0. The molecule has 2 aliphatic rings. The van der Waals surface area contributed by atoms with Crippen LogP contribution in [0.4, 0.5) is 0 Å². The van der Waals surface area contributed by atoms with Gasteiger partial charge < -0.3 is 24.8 Å². The molecule has 158 valence electrons. The Morgan fingerprint density at radius 3 is 2.18 bits per heavy atom. The Morgan fingerprint density at radius 2 is 1.64 bits per heavy atom. The van der Waals surface area contributed by atoms with Gasteiger partial charge in [0.15, 0.2) is 0 Å². The Labute approximate surface area is 168 Å². The molecule has 0 spiro atoms. The fraction of sp³-hybridized carbons (Fsp3) is 0.739. The van der Waals surface area contributed by atoms with E-state index in [0.29, 0.717) is 13.0 Å². The number of fused-ring (bicyclic) bond motifs is 1. The highest BCUT2D eigenvalue weighted by molar-refractivity contribution is 5.15. The van der Waals surface area contributed by atoms with Crippen molar-refractivity contribution in [1.82, 2.24) is 0 Å². The highest BCUT2D eigenvalue weighted by Gasteiger charge is 2.63. The Kier molecular flexibility index (Phi) is 6.23. The van der Waals surface area contributed by atoms with Crippen molar-refractivity contribution in [2.75, 3.05) is 6.61 Å². The summed E-state index contributed by atoms with van der Waals surface area (Å²) >= 11 is 0. The summed E-state index contributed by atoms with van der Waals surface area (Å²) in [7, 11) is 0. The van der Waals surface area contributed by atoms with E-state index in [-0.39, 0.29) is 42.5 Å². The second-order valence-corrected chi connectivity index (χ2v) is 10.0. The second kappa shape index (κ2) is 8.04. The number of benzene rings is 1. The minimum absolute atomic E-state index is 0.0665. The molecule has 1 aromatic carbocycles. The first-order chi connectivity index (χ1) is 13.0. The predicted octanol–water partition coefficient (Wildman–Crippen LogP) is 2.76. The zero-order valence-corrected chi connectivity index (χ0v) is 17.7. The van der Waals surface area contributed by atoms with Gasteiger partial charge in [-0.3, -0.25) is 0 Å². The molecule has 5 heteroatoms. The third-order valence-electron chi connectivity index (χ3n) is 6.34. The average molecular weight is 393 g/mol. The summed E-state index contributed by atoms with van der Waals surface area (Å²) in [5.74, 6) is -0.578. The van der Waals surface area contributed by atoms with Gasteiger partial charge in [0.25, 0.3) is 0 Å². The Hall–Kier alpha value is -0.980. The maximum Gasteiger partial charge on any atom is 0.0720 e. The van der Waals surface area contributed by atoms with Crippen molar-refractivity contribution in [3.63, 3.8) is 0 Å². The van der Waals surface area contributed by atoms with E-state index >= 15 is 0 Å². The normalized spacial score (nSPS) is 35.9. The highest BCUT2D eigenvalue weighted by Crippen LogP contribution is 2.55. The van der Waals surface area contributed by atoms with Gasteiger partial charge in [-0.25, -0.2) is 0 Å². The summed E-state index contributed by atoms with van der Waals surface area (Å²) in [6, 6.07) is 9.95. The topological polar surface area (TPSA) is 79.2 Å². The zero-order valence-electron chi connectivity index (χ0n) is 17.7. The van der Waals surface area contributed by atoms with Gasteiger partial charge in [-0.1, -0.05) is 30.3 Å². The van der Waals surface area contributed by atoms with Crippen LogP contribution in [-0.2, 0) is 16.1 Å². The van der Waals surface area contributed by atoms with Crippen LogP contribution in [0.5, 0.6) is 0 Å². The van der Waals surface area contributed by atoms with Gasteiger partial charge in [-0.2, -0.15) is 0 Å². The molecule has 0 amide bonds. The number of hydrogen-bond acceptors (Lipinski definition) is 5. The maximum absolute atomic E-state index is 10.9. The summed E-state index contributed by atoms with van der Waals surface area (Å²) < 4.78 is 12.7. The summed E-state index contributed by atoms with van der Waals surface area (Å²) in [5, 5.41) is 31.9. The third kappa shape index (κ3) is 4.44. The molecule has 0 saturated heterocycles.